The second-order valence-electron chi connectivity index (χ2n) is 8.81. The summed E-state index contributed by atoms with van der Waals surface area (Å²) in [6, 6.07) is 13.7. The highest BCUT2D eigenvalue weighted by Crippen LogP contribution is 2.45. The number of carbonyl (C=O) groups is 1. The number of nitrogens with two attached hydrogens (primary N) is 1. The number of pyridine rings is 1. The molecule has 1 aliphatic rings. The lowest BCUT2D eigenvalue weighted by Crippen LogP contribution is -2.32. The summed E-state index contributed by atoms with van der Waals surface area (Å²) in [6.07, 6.45) is 3.07. The molecule has 0 aliphatic carbocycles. The molecule has 1 unspecified atom stereocenters. The summed E-state index contributed by atoms with van der Waals surface area (Å²) in [5.74, 6) is 5.19. The summed E-state index contributed by atoms with van der Waals surface area (Å²) in [5.41, 5.74) is 3.04. The summed E-state index contributed by atoms with van der Waals surface area (Å²) >= 11 is 5.98. The van der Waals surface area contributed by atoms with Crippen molar-refractivity contribution in [3.8, 4) is 11.5 Å². The average Bonchev–Trinajstić information content (AvgIpc) is 3.47. The number of hydrogen-bond donors (Lipinski definition) is 2. The van der Waals surface area contributed by atoms with Crippen molar-refractivity contribution in [3.05, 3.63) is 82.4 Å². The molecule has 3 N–H and O–H groups in total. The van der Waals surface area contributed by atoms with Gasteiger partial charge in [-0.05, 0) is 42.5 Å². The van der Waals surface area contributed by atoms with Crippen molar-refractivity contribution >= 4 is 40.5 Å². The number of benzene rings is 2. The number of fused-ring (bicyclic) bond motifs is 2. The lowest BCUT2D eigenvalue weighted by Gasteiger charge is -2.22. The number of halogens is 1. The Labute approximate surface area is 228 Å². The van der Waals surface area contributed by atoms with Crippen molar-refractivity contribution < 1.29 is 24.1 Å². The minimum absolute atomic E-state index is 0.176. The third-order valence-electron chi connectivity index (χ3n) is 6.23. The third-order valence-corrected chi connectivity index (χ3v) is 6.45. The summed E-state index contributed by atoms with van der Waals surface area (Å²) in [5, 5.41) is 13.8. The van der Waals surface area contributed by atoms with Gasteiger partial charge in [-0.3, -0.25) is 9.98 Å². The molecule has 1 atom stereocenters. The Morgan fingerprint density at radius 1 is 1.26 bits per heavy atom. The molecule has 2 aromatic carbocycles. The highest BCUT2D eigenvalue weighted by molar-refractivity contribution is 6.39. The van der Waals surface area contributed by atoms with Crippen LogP contribution in [0.25, 0.3) is 11.0 Å². The first-order chi connectivity index (χ1) is 18.8. The number of nitrogens with zero attached hydrogens (tertiary/aromatic N) is 5. The molecule has 0 saturated heterocycles. The third kappa shape index (κ3) is 5.14. The van der Waals surface area contributed by atoms with Gasteiger partial charge in [0.2, 0.25) is 0 Å². The minimum atomic E-state index is -1.17. The van der Waals surface area contributed by atoms with E-state index in [0.717, 1.165) is 0 Å². The van der Waals surface area contributed by atoms with E-state index in [9.17, 15) is 9.90 Å². The lowest BCUT2D eigenvalue weighted by atomic mass is 10.1. The van der Waals surface area contributed by atoms with E-state index in [1.165, 1.54) is 18.5 Å². The Hall–Kier alpha value is -4.48. The predicted molar refractivity (Wildman–Crippen MR) is 146 cm³/mol. The molecule has 12 heteroatoms. The molecule has 0 amide bonds. The molecule has 0 radical (unpaired) electrons. The van der Waals surface area contributed by atoms with Gasteiger partial charge in [0.25, 0.3) is 5.79 Å². The van der Waals surface area contributed by atoms with Crippen molar-refractivity contribution in [1.82, 2.24) is 14.5 Å². The largest absolute Gasteiger partial charge is 0.478 e. The number of para-hydroxylation sites is 1. The number of hydrazone groups is 1. The van der Waals surface area contributed by atoms with E-state index in [2.05, 4.69) is 20.1 Å². The van der Waals surface area contributed by atoms with Crippen LogP contribution in [0.3, 0.4) is 0 Å². The first-order valence-corrected chi connectivity index (χ1v) is 12.3. The molecule has 0 saturated carbocycles. The standard InChI is InChI=1S/C27H25ClN6O5/c1-27(23-9-7-17(28)13-31-23)38-22-5-3-4-18(25(22)39-27)20(33-29)14-30-15-24-32-19-8-6-16(26(35)36)12-21(19)34(24)10-11-37-2/h3-9,12-14H,10-11,15,29H2,1-2H3,(H,35,36)/b30-14?,33-20+. The molecule has 2 aromatic heterocycles. The van der Waals surface area contributed by atoms with Gasteiger partial charge in [0.1, 0.15) is 17.2 Å². The van der Waals surface area contributed by atoms with E-state index in [0.29, 0.717) is 63.5 Å². The van der Waals surface area contributed by atoms with Gasteiger partial charge in [-0.25, -0.2) is 9.78 Å². The maximum atomic E-state index is 11.5. The second-order valence-corrected chi connectivity index (χ2v) is 9.25. The number of carboxylic acids is 1. The minimum Gasteiger partial charge on any atom is -0.478 e. The smallest absolute Gasteiger partial charge is 0.335 e. The Balaban J connectivity index is 1.41. The van der Waals surface area contributed by atoms with Crippen LogP contribution in [-0.4, -0.2) is 51.3 Å². The zero-order valence-corrected chi connectivity index (χ0v) is 21.9. The maximum absolute atomic E-state index is 11.5. The SMILES string of the molecule is COCCn1c(CN=C/C(=N\N)c2cccc3c2OC(C)(c2ccc(Cl)cn2)O3)nc2ccc(C(=O)O)cc21. The van der Waals surface area contributed by atoms with Crippen molar-refractivity contribution in [2.75, 3.05) is 13.7 Å². The summed E-state index contributed by atoms with van der Waals surface area (Å²) in [4.78, 5) is 25.0. The van der Waals surface area contributed by atoms with Crippen molar-refractivity contribution in [1.29, 1.82) is 0 Å². The Morgan fingerprint density at radius 3 is 2.82 bits per heavy atom. The van der Waals surface area contributed by atoms with Crippen molar-refractivity contribution in [3.63, 3.8) is 0 Å². The molecule has 39 heavy (non-hydrogen) atoms. The van der Waals surface area contributed by atoms with Crippen LogP contribution >= 0.6 is 11.6 Å². The molecular formula is C27H25ClN6O5. The number of rotatable bonds is 9. The van der Waals surface area contributed by atoms with Crippen LogP contribution in [0.15, 0.2) is 64.8 Å². The van der Waals surface area contributed by atoms with Gasteiger partial charge >= 0.3 is 5.97 Å². The first-order valence-electron chi connectivity index (χ1n) is 12.0. The van der Waals surface area contributed by atoms with Crippen molar-refractivity contribution in [2.24, 2.45) is 15.9 Å². The maximum Gasteiger partial charge on any atom is 0.335 e. The van der Waals surface area contributed by atoms with Gasteiger partial charge in [0, 0.05) is 32.3 Å². The predicted octanol–water partition coefficient (Wildman–Crippen LogP) is 4.01. The Kier molecular flexibility index (Phi) is 7.18. The van der Waals surface area contributed by atoms with Crippen LogP contribution in [0.2, 0.25) is 5.02 Å². The second kappa shape index (κ2) is 10.7. The van der Waals surface area contributed by atoms with E-state index in [1.807, 2.05) is 16.7 Å². The normalized spacial score (nSPS) is 16.8. The molecule has 1 aliphatic heterocycles. The van der Waals surface area contributed by atoms with Crippen LogP contribution in [-0.2, 0) is 23.6 Å². The molecular weight excluding hydrogens is 524 g/mol. The number of imidazole rings is 1. The van der Waals surface area contributed by atoms with Gasteiger partial charge in [0.15, 0.2) is 11.5 Å². The topological polar surface area (TPSA) is 146 Å². The Morgan fingerprint density at radius 2 is 2.10 bits per heavy atom. The van der Waals surface area contributed by atoms with Gasteiger partial charge in [-0.1, -0.05) is 17.7 Å². The Bertz CT molecular complexity index is 1600. The van der Waals surface area contributed by atoms with E-state index in [4.69, 9.17) is 31.7 Å². The van der Waals surface area contributed by atoms with Gasteiger partial charge in [-0.2, -0.15) is 5.10 Å². The number of ether oxygens (including phenoxy) is 3. The van der Waals surface area contributed by atoms with E-state index in [1.54, 1.807) is 44.4 Å². The number of methoxy groups -OCH3 is 1. The highest BCUT2D eigenvalue weighted by atomic mass is 35.5. The number of aliphatic imine (C=N–C) groups is 1. The van der Waals surface area contributed by atoms with E-state index in [-0.39, 0.29) is 12.1 Å². The zero-order chi connectivity index (χ0) is 27.6. The van der Waals surface area contributed by atoms with Crippen LogP contribution in [0.5, 0.6) is 11.5 Å². The van der Waals surface area contributed by atoms with Gasteiger partial charge in [-0.15, -0.1) is 0 Å². The van der Waals surface area contributed by atoms with Crippen molar-refractivity contribution in [2.45, 2.75) is 25.8 Å². The van der Waals surface area contributed by atoms with Crippen LogP contribution in [0, 0.1) is 0 Å². The fraction of sp³-hybridized carbons (Fsp3) is 0.222. The summed E-state index contributed by atoms with van der Waals surface area (Å²) in [7, 11) is 1.60. The summed E-state index contributed by atoms with van der Waals surface area (Å²) < 4.78 is 19.5. The van der Waals surface area contributed by atoms with Gasteiger partial charge in [0.05, 0.1) is 41.0 Å². The van der Waals surface area contributed by atoms with E-state index < -0.39 is 11.8 Å². The highest BCUT2D eigenvalue weighted by Gasteiger charge is 2.41. The molecule has 0 bridgehead atoms. The number of aromatic carboxylic acids is 1. The fourth-order valence-corrected chi connectivity index (χ4v) is 4.43. The van der Waals surface area contributed by atoms with E-state index >= 15 is 0 Å². The first kappa shape index (κ1) is 26.1. The van der Waals surface area contributed by atoms with Crippen LogP contribution < -0.4 is 15.3 Å². The molecule has 5 rings (SSSR count). The number of hydrogen-bond acceptors (Lipinski definition) is 9. The average molecular weight is 549 g/mol. The van der Waals surface area contributed by atoms with Gasteiger partial charge < -0.3 is 29.7 Å². The fourth-order valence-electron chi connectivity index (χ4n) is 4.32. The summed E-state index contributed by atoms with van der Waals surface area (Å²) in [6.45, 7) is 2.86. The van der Waals surface area contributed by atoms with Crippen LogP contribution in [0.1, 0.15) is 34.4 Å². The molecule has 0 spiro atoms. The number of carboxylic acid groups (broad SMARTS) is 1. The lowest BCUT2D eigenvalue weighted by molar-refractivity contribution is -0.0718. The molecule has 200 valence electrons. The monoisotopic (exact) mass is 548 g/mol. The number of aromatic nitrogens is 3. The molecule has 0 fully saturated rings. The van der Waals surface area contributed by atoms with Crippen LogP contribution in [0.4, 0.5) is 0 Å². The molecule has 11 nitrogen and oxygen atoms in total. The quantitative estimate of drug-likeness (QED) is 0.181. The molecule has 3 heterocycles. The zero-order valence-electron chi connectivity index (χ0n) is 21.2. The molecule has 4 aromatic rings.